The molecule has 144 valence electrons. The van der Waals surface area contributed by atoms with Crippen molar-refractivity contribution in [2.75, 3.05) is 18.0 Å². The molecule has 0 radical (unpaired) electrons. The molecule has 2 aromatic carbocycles. The number of anilines is 1. The number of hydrogen-bond acceptors (Lipinski definition) is 5. The lowest BCUT2D eigenvalue weighted by molar-refractivity contribution is -0.126. The molecule has 28 heavy (non-hydrogen) atoms. The lowest BCUT2D eigenvalue weighted by Gasteiger charge is -2.30. The van der Waals surface area contributed by atoms with Crippen LogP contribution in [0.1, 0.15) is 23.2 Å². The molecule has 1 saturated heterocycles. The van der Waals surface area contributed by atoms with Gasteiger partial charge in [0.1, 0.15) is 5.52 Å². The molecule has 1 fully saturated rings. The van der Waals surface area contributed by atoms with E-state index in [-0.39, 0.29) is 11.8 Å². The third kappa shape index (κ3) is 3.80. The molecule has 0 unspecified atom stereocenters. The van der Waals surface area contributed by atoms with E-state index in [9.17, 15) is 9.59 Å². The molecule has 1 aliphatic rings. The number of halogens is 1. The van der Waals surface area contributed by atoms with Crippen molar-refractivity contribution < 1.29 is 14.0 Å². The first-order valence-electron chi connectivity index (χ1n) is 9.07. The SMILES string of the molecule is O=C(NNC(=O)C1CCN(c2nc3ccccc3o2)CC1)c1ccccc1Cl. The number of nitrogens with one attached hydrogen (secondary N) is 2. The molecule has 1 aliphatic heterocycles. The van der Waals surface area contributed by atoms with Gasteiger partial charge in [0.05, 0.1) is 10.6 Å². The zero-order valence-electron chi connectivity index (χ0n) is 15.0. The van der Waals surface area contributed by atoms with E-state index in [0.717, 1.165) is 11.1 Å². The molecule has 0 saturated carbocycles. The van der Waals surface area contributed by atoms with Crippen LogP contribution in [-0.2, 0) is 4.79 Å². The Morgan fingerprint density at radius 1 is 1.04 bits per heavy atom. The van der Waals surface area contributed by atoms with E-state index < -0.39 is 5.91 Å². The van der Waals surface area contributed by atoms with Gasteiger partial charge in [-0.15, -0.1) is 0 Å². The van der Waals surface area contributed by atoms with Crippen LogP contribution < -0.4 is 15.8 Å². The van der Waals surface area contributed by atoms with Crippen molar-refractivity contribution in [2.24, 2.45) is 5.92 Å². The number of fused-ring (bicyclic) bond motifs is 1. The van der Waals surface area contributed by atoms with Gasteiger partial charge in [0.2, 0.25) is 5.91 Å². The molecule has 1 aromatic heterocycles. The first-order chi connectivity index (χ1) is 13.6. The number of carbonyl (C=O) groups excluding carboxylic acids is 2. The molecule has 2 N–H and O–H groups in total. The minimum atomic E-state index is -0.442. The Hall–Kier alpha value is -3.06. The molecule has 0 atom stereocenters. The Labute approximate surface area is 166 Å². The Balaban J connectivity index is 1.30. The van der Waals surface area contributed by atoms with Crippen LogP contribution in [0, 0.1) is 5.92 Å². The van der Waals surface area contributed by atoms with Crippen LogP contribution in [0.15, 0.2) is 52.9 Å². The number of aromatic nitrogens is 1. The van der Waals surface area contributed by atoms with Gasteiger partial charge < -0.3 is 9.32 Å². The van der Waals surface area contributed by atoms with Gasteiger partial charge in [-0.1, -0.05) is 35.9 Å². The molecule has 8 heteroatoms. The summed E-state index contributed by atoms with van der Waals surface area (Å²) >= 11 is 5.99. The predicted molar refractivity (Wildman–Crippen MR) is 106 cm³/mol. The van der Waals surface area contributed by atoms with Crippen molar-refractivity contribution in [2.45, 2.75) is 12.8 Å². The van der Waals surface area contributed by atoms with Crippen LogP contribution in [0.4, 0.5) is 6.01 Å². The summed E-state index contributed by atoms with van der Waals surface area (Å²) in [5.41, 5.74) is 6.81. The molecule has 0 spiro atoms. The number of nitrogens with zero attached hydrogens (tertiary/aromatic N) is 2. The average Bonchev–Trinajstić information content (AvgIpc) is 3.16. The van der Waals surface area contributed by atoms with Gasteiger partial charge in [-0.3, -0.25) is 20.4 Å². The van der Waals surface area contributed by atoms with Crippen molar-refractivity contribution in [1.82, 2.24) is 15.8 Å². The van der Waals surface area contributed by atoms with E-state index >= 15 is 0 Å². The summed E-state index contributed by atoms with van der Waals surface area (Å²) in [4.78, 5) is 31.1. The molecule has 2 amide bonds. The van der Waals surface area contributed by atoms with Crippen molar-refractivity contribution in [3.05, 3.63) is 59.1 Å². The highest BCUT2D eigenvalue weighted by atomic mass is 35.5. The smallest absolute Gasteiger partial charge is 0.298 e. The lowest BCUT2D eigenvalue weighted by Crippen LogP contribution is -2.47. The quantitative estimate of drug-likeness (QED) is 0.662. The topological polar surface area (TPSA) is 87.5 Å². The van der Waals surface area contributed by atoms with Crippen LogP contribution >= 0.6 is 11.6 Å². The summed E-state index contributed by atoms with van der Waals surface area (Å²) in [6.45, 7) is 1.31. The van der Waals surface area contributed by atoms with Crippen LogP contribution in [-0.4, -0.2) is 29.9 Å². The van der Waals surface area contributed by atoms with Crippen LogP contribution in [0.25, 0.3) is 11.1 Å². The molecule has 0 aliphatic carbocycles. The number of oxazole rings is 1. The van der Waals surface area contributed by atoms with Gasteiger partial charge in [-0.25, -0.2) is 0 Å². The lowest BCUT2D eigenvalue weighted by atomic mass is 9.96. The van der Waals surface area contributed by atoms with E-state index in [0.29, 0.717) is 42.5 Å². The summed E-state index contributed by atoms with van der Waals surface area (Å²) < 4.78 is 5.79. The number of piperidine rings is 1. The molecule has 0 bridgehead atoms. The van der Waals surface area contributed by atoms with Gasteiger partial charge in [0.15, 0.2) is 5.58 Å². The van der Waals surface area contributed by atoms with E-state index in [4.69, 9.17) is 16.0 Å². The first-order valence-corrected chi connectivity index (χ1v) is 9.45. The Kier molecular flexibility index (Phi) is 5.16. The molecule has 3 aromatic rings. The third-order valence-corrected chi connectivity index (χ3v) is 5.17. The maximum atomic E-state index is 12.4. The number of hydrazine groups is 1. The highest BCUT2D eigenvalue weighted by Gasteiger charge is 2.27. The highest BCUT2D eigenvalue weighted by molar-refractivity contribution is 6.33. The number of para-hydroxylation sites is 2. The molecule has 7 nitrogen and oxygen atoms in total. The van der Waals surface area contributed by atoms with Crippen molar-refractivity contribution in [3.8, 4) is 0 Å². The second-order valence-electron chi connectivity index (χ2n) is 6.65. The normalized spacial score (nSPS) is 14.8. The van der Waals surface area contributed by atoms with E-state index in [1.165, 1.54) is 0 Å². The van der Waals surface area contributed by atoms with Gasteiger partial charge in [-0.05, 0) is 37.1 Å². The fourth-order valence-electron chi connectivity index (χ4n) is 3.26. The monoisotopic (exact) mass is 398 g/mol. The maximum Gasteiger partial charge on any atom is 0.298 e. The van der Waals surface area contributed by atoms with Crippen molar-refractivity contribution in [1.29, 1.82) is 0 Å². The minimum Gasteiger partial charge on any atom is -0.423 e. The standard InChI is InChI=1S/C20H19ClN4O3/c21-15-6-2-1-5-14(15)19(27)24-23-18(26)13-9-11-25(12-10-13)20-22-16-7-3-4-8-17(16)28-20/h1-8,13H,9-12H2,(H,23,26)(H,24,27). The molecule has 4 rings (SSSR count). The number of rotatable bonds is 3. The molecular formula is C20H19ClN4O3. The molecule has 2 heterocycles. The second kappa shape index (κ2) is 7.90. The predicted octanol–water partition coefficient (Wildman–Crippen LogP) is 3.16. The largest absolute Gasteiger partial charge is 0.423 e. The number of amides is 2. The Morgan fingerprint density at radius 2 is 1.75 bits per heavy atom. The van der Waals surface area contributed by atoms with Crippen LogP contribution in [0.3, 0.4) is 0 Å². The second-order valence-corrected chi connectivity index (χ2v) is 7.06. The average molecular weight is 399 g/mol. The van der Waals surface area contributed by atoms with E-state index in [1.54, 1.807) is 24.3 Å². The minimum absolute atomic E-state index is 0.188. The Morgan fingerprint density at radius 3 is 2.50 bits per heavy atom. The van der Waals surface area contributed by atoms with Crippen molar-refractivity contribution >= 4 is 40.5 Å². The zero-order chi connectivity index (χ0) is 19.5. The highest BCUT2D eigenvalue weighted by Crippen LogP contribution is 2.26. The van der Waals surface area contributed by atoms with Gasteiger partial charge >= 0.3 is 0 Å². The summed E-state index contributed by atoms with van der Waals surface area (Å²) in [7, 11) is 0. The summed E-state index contributed by atoms with van der Waals surface area (Å²) in [5.74, 6) is -0.840. The van der Waals surface area contributed by atoms with E-state index in [2.05, 4.69) is 15.8 Å². The van der Waals surface area contributed by atoms with Crippen LogP contribution in [0.5, 0.6) is 0 Å². The van der Waals surface area contributed by atoms with Crippen LogP contribution in [0.2, 0.25) is 5.02 Å². The van der Waals surface area contributed by atoms with E-state index in [1.807, 2.05) is 29.2 Å². The maximum absolute atomic E-state index is 12.4. The first kappa shape index (κ1) is 18.3. The third-order valence-electron chi connectivity index (χ3n) is 4.84. The zero-order valence-corrected chi connectivity index (χ0v) is 15.8. The number of benzene rings is 2. The fraction of sp³-hybridized carbons (Fsp3) is 0.250. The van der Waals surface area contributed by atoms with Gasteiger partial charge in [0.25, 0.3) is 11.9 Å². The fourth-order valence-corrected chi connectivity index (χ4v) is 3.48. The summed E-state index contributed by atoms with van der Waals surface area (Å²) in [6, 6.07) is 14.9. The van der Waals surface area contributed by atoms with Gasteiger partial charge in [0, 0.05) is 19.0 Å². The van der Waals surface area contributed by atoms with Crippen molar-refractivity contribution in [3.63, 3.8) is 0 Å². The summed E-state index contributed by atoms with van der Waals surface area (Å²) in [6.07, 6.45) is 1.29. The van der Waals surface area contributed by atoms with Gasteiger partial charge in [-0.2, -0.15) is 4.98 Å². The number of carbonyl (C=O) groups is 2. The number of hydrogen-bond donors (Lipinski definition) is 2. The molecular weight excluding hydrogens is 380 g/mol. The Bertz CT molecular complexity index is 978. The summed E-state index contributed by atoms with van der Waals surface area (Å²) in [5, 5.41) is 0.334.